The number of nitrogens with one attached hydrogen (secondary N) is 2. The monoisotopic (exact) mass is 316 g/mol. The van der Waals surface area contributed by atoms with Crippen LogP contribution in [0.4, 0.5) is 10.5 Å². The second-order valence-corrected chi connectivity index (χ2v) is 6.49. The summed E-state index contributed by atoms with van der Waals surface area (Å²) in [6.07, 6.45) is 8.52. The highest BCUT2D eigenvalue weighted by Crippen LogP contribution is 2.29. The van der Waals surface area contributed by atoms with Crippen LogP contribution in [0.5, 0.6) is 0 Å². The van der Waals surface area contributed by atoms with Crippen molar-refractivity contribution in [3.05, 3.63) is 24.5 Å². The van der Waals surface area contributed by atoms with E-state index in [0.29, 0.717) is 18.9 Å². The van der Waals surface area contributed by atoms with E-state index in [2.05, 4.69) is 15.6 Å². The molecule has 2 N–H and O–H groups in total. The fourth-order valence-electron chi connectivity index (χ4n) is 3.24. The predicted octanol–water partition coefficient (Wildman–Crippen LogP) is 2.06. The lowest BCUT2D eigenvalue weighted by Gasteiger charge is -2.34. The van der Waals surface area contributed by atoms with E-state index in [9.17, 15) is 9.59 Å². The molecular formula is C17H24N4O2. The van der Waals surface area contributed by atoms with E-state index in [1.165, 1.54) is 19.3 Å². The molecule has 6 heteroatoms. The number of carbonyl (C=O) groups is 2. The number of anilines is 1. The molecule has 1 saturated carbocycles. The molecule has 1 saturated heterocycles. The molecule has 2 fully saturated rings. The van der Waals surface area contributed by atoms with Gasteiger partial charge in [-0.2, -0.15) is 0 Å². The second-order valence-electron chi connectivity index (χ2n) is 6.49. The Kier molecular flexibility index (Phi) is 4.79. The number of urea groups is 1. The number of nitrogens with zero attached hydrogens (tertiary/aromatic N) is 2. The number of amides is 3. The lowest BCUT2D eigenvalue weighted by molar-refractivity contribution is -0.121. The molecule has 3 rings (SSSR count). The molecular weight excluding hydrogens is 292 g/mol. The Morgan fingerprint density at radius 3 is 2.83 bits per heavy atom. The molecule has 2 heterocycles. The molecule has 0 spiro atoms. The lowest BCUT2D eigenvalue weighted by Crippen LogP contribution is -2.56. The summed E-state index contributed by atoms with van der Waals surface area (Å²) < 4.78 is 0. The first-order valence-electron chi connectivity index (χ1n) is 8.43. The summed E-state index contributed by atoms with van der Waals surface area (Å²) in [6.45, 7) is 2.71. The minimum atomic E-state index is -0.461. The van der Waals surface area contributed by atoms with Gasteiger partial charge in [-0.1, -0.05) is 6.42 Å². The lowest BCUT2D eigenvalue weighted by atomic mass is 9.80. The minimum absolute atomic E-state index is 0.0595. The van der Waals surface area contributed by atoms with Gasteiger partial charge < -0.3 is 15.5 Å². The molecule has 1 aromatic rings. The van der Waals surface area contributed by atoms with E-state index < -0.39 is 6.04 Å². The van der Waals surface area contributed by atoms with Crippen LogP contribution in [0.3, 0.4) is 0 Å². The fourth-order valence-corrected chi connectivity index (χ4v) is 3.24. The first-order valence-corrected chi connectivity index (χ1v) is 8.43. The van der Waals surface area contributed by atoms with Crippen molar-refractivity contribution in [2.75, 3.05) is 11.4 Å². The zero-order valence-corrected chi connectivity index (χ0v) is 13.5. The van der Waals surface area contributed by atoms with Crippen LogP contribution in [0, 0.1) is 5.92 Å². The molecule has 3 amide bonds. The topological polar surface area (TPSA) is 74.3 Å². The Morgan fingerprint density at radius 2 is 2.17 bits per heavy atom. The van der Waals surface area contributed by atoms with Crippen LogP contribution in [-0.4, -0.2) is 35.6 Å². The van der Waals surface area contributed by atoms with E-state index in [-0.39, 0.29) is 18.0 Å². The smallest absolute Gasteiger partial charge is 0.315 e. The van der Waals surface area contributed by atoms with Gasteiger partial charge in [-0.15, -0.1) is 0 Å². The van der Waals surface area contributed by atoms with E-state index in [0.717, 1.165) is 12.1 Å². The van der Waals surface area contributed by atoms with Gasteiger partial charge in [-0.3, -0.25) is 9.78 Å². The van der Waals surface area contributed by atoms with Crippen LogP contribution >= 0.6 is 0 Å². The van der Waals surface area contributed by atoms with E-state index in [1.54, 1.807) is 17.3 Å². The van der Waals surface area contributed by atoms with Crippen molar-refractivity contribution in [2.24, 2.45) is 5.92 Å². The molecule has 1 aliphatic heterocycles. The fraction of sp³-hybridized carbons (Fsp3) is 0.588. The number of rotatable bonds is 4. The van der Waals surface area contributed by atoms with Crippen molar-refractivity contribution < 1.29 is 9.59 Å². The number of piperidine rings is 1. The van der Waals surface area contributed by atoms with Gasteiger partial charge >= 0.3 is 6.03 Å². The largest absolute Gasteiger partial charge is 0.335 e. The summed E-state index contributed by atoms with van der Waals surface area (Å²) >= 11 is 0. The van der Waals surface area contributed by atoms with Crippen molar-refractivity contribution in [3.8, 4) is 0 Å². The third-order valence-corrected chi connectivity index (χ3v) is 4.92. The molecule has 23 heavy (non-hydrogen) atoms. The molecule has 1 aromatic heterocycles. The van der Waals surface area contributed by atoms with Crippen molar-refractivity contribution >= 4 is 17.6 Å². The predicted molar refractivity (Wildman–Crippen MR) is 88.1 cm³/mol. The average Bonchev–Trinajstić information content (AvgIpc) is 2.48. The van der Waals surface area contributed by atoms with Crippen molar-refractivity contribution in [1.82, 2.24) is 15.6 Å². The van der Waals surface area contributed by atoms with Gasteiger partial charge in [0.15, 0.2) is 0 Å². The summed E-state index contributed by atoms with van der Waals surface area (Å²) in [5, 5.41) is 5.81. The number of hydrogen-bond donors (Lipinski definition) is 2. The van der Waals surface area contributed by atoms with Gasteiger partial charge in [0, 0.05) is 18.8 Å². The van der Waals surface area contributed by atoms with E-state index in [4.69, 9.17) is 0 Å². The molecule has 124 valence electrons. The van der Waals surface area contributed by atoms with Gasteiger partial charge in [0.2, 0.25) is 5.91 Å². The molecule has 2 atom stereocenters. The zero-order chi connectivity index (χ0) is 16.2. The number of aromatic nitrogens is 1. The van der Waals surface area contributed by atoms with Gasteiger partial charge in [-0.25, -0.2) is 4.79 Å². The van der Waals surface area contributed by atoms with Gasteiger partial charge in [0.25, 0.3) is 0 Å². The molecule has 0 bridgehead atoms. The van der Waals surface area contributed by atoms with Crippen LogP contribution in [0.15, 0.2) is 24.5 Å². The number of hydrogen-bond acceptors (Lipinski definition) is 3. The average molecular weight is 316 g/mol. The Morgan fingerprint density at radius 1 is 1.35 bits per heavy atom. The SMILES string of the molecule is C[C@@H](NC(=O)N[C@@H]1CCCN(c2cccnc2)C1=O)C1CCC1. The molecule has 6 nitrogen and oxygen atoms in total. The Labute approximate surface area is 136 Å². The molecule has 0 radical (unpaired) electrons. The molecule has 2 aliphatic rings. The van der Waals surface area contributed by atoms with Crippen LogP contribution in [0.25, 0.3) is 0 Å². The van der Waals surface area contributed by atoms with Crippen LogP contribution < -0.4 is 15.5 Å². The quantitative estimate of drug-likeness (QED) is 0.893. The summed E-state index contributed by atoms with van der Waals surface area (Å²) in [5.41, 5.74) is 0.784. The van der Waals surface area contributed by atoms with Gasteiger partial charge in [0.05, 0.1) is 11.9 Å². The van der Waals surface area contributed by atoms with Crippen molar-refractivity contribution in [2.45, 2.75) is 51.1 Å². The number of carbonyl (C=O) groups excluding carboxylic acids is 2. The minimum Gasteiger partial charge on any atom is -0.335 e. The van der Waals surface area contributed by atoms with E-state index >= 15 is 0 Å². The standard InChI is InChI=1S/C17H24N4O2/c1-12(13-5-2-6-13)19-17(23)20-15-8-4-10-21(16(15)22)14-7-3-9-18-11-14/h3,7,9,11-13,15H,2,4-6,8,10H2,1H3,(H2,19,20,23)/t12-,15-/m1/s1. The third kappa shape index (κ3) is 3.63. The Hall–Kier alpha value is -2.11. The highest BCUT2D eigenvalue weighted by molar-refractivity contribution is 5.99. The molecule has 1 aliphatic carbocycles. The highest BCUT2D eigenvalue weighted by Gasteiger charge is 2.32. The van der Waals surface area contributed by atoms with Gasteiger partial charge in [-0.05, 0) is 50.7 Å². The normalized spacial score (nSPS) is 23.1. The van der Waals surface area contributed by atoms with Gasteiger partial charge in [0.1, 0.15) is 6.04 Å². The van der Waals surface area contributed by atoms with E-state index in [1.807, 2.05) is 19.1 Å². The van der Waals surface area contributed by atoms with Crippen LogP contribution in [-0.2, 0) is 4.79 Å². The Balaban J connectivity index is 1.56. The first-order chi connectivity index (χ1) is 11.1. The highest BCUT2D eigenvalue weighted by atomic mass is 16.2. The zero-order valence-electron chi connectivity index (χ0n) is 13.5. The first kappa shape index (κ1) is 15.8. The van der Waals surface area contributed by atoms with Crippen LogP contribution in [0.1, 0.15) is 39.0 Å². The van der Waals surface area contributed by atoms with Crippen molar-refractivity contribution in [1.29, 1.82) is 0 Å². The molecule has 0 aromatic carbocycles. The summed E-state index contributed by atoms with van der Waals surface area (Å²) in [6, 6.07) is 3.14. The maximum Gasteiger partial charge on any atom is 0.315 e. The maximum absolute atomic E-state index is 12.6. The molecule has 0 unspecified atom stereocenters. The summed E-state index contributed by atoms with van der Waals surface area (Å²) in [5.74, 6) is 0.519. The maximum atomic E-state index is 12.6. The van der Waals surface area contributed by atoms with Crippen LogP contribution in [0.2, 0.25) is 0 Å². The van der Waals surface area contributed by atoms with Crippen molar-refractivity contribution in [3.63, 3.8) is 0 Å². The second kappa shape index (κ2) is 6.98. The number of pyridine rings is 1. The third-order valence-electron chi connectivity index (χ3n) is 4.92. The summed E-state index contributed by atoms with van der Waals surface area (Å²) in [7, 11) is 0. The summed E-state index contributed by atoms with van der Waals surface area (Å²) in [4.78, 5) is 30.5. The Bertz CT molecular complexity index is 559.